The molecule has 0 radical (unpaired) electrons. The van der Waals surface area contributed by atoms with Gasteiger partial charge < -0.3 is 14.6 Å². The van der Waals surface area contributed by atoms with E-state index < -0.39 is 0 Å². The van der Waals surface area contributed by atoms with Crippen LogP contribution in [-0.2, 0) is 17.8 Å². The standard InChI is InChI=1S/C23H21ClN4O4/c1-31-16-7-8-18(24)17(13-16)21-20-22(32-27-21)26-14-28(23(20)30)12-10-19(29)25-11-9-15-5-3-2-4-6-15/h2-8,13-14H,9-12H2,1H3,(H,25,29). The summed E-state index contributed by atoms with van der Waals surface area (Å²) in [5.41, 5.74) is 1.67. The minimum atomic E-state index is -0.359. The van der Waals surface area contributed by atoms with E-state index in [2.05, 4.69) is 15.5 Å². The van der Waals surface area contributed by atoms with Gasteiger partial charge in [0.25, 0.3) is 11.3 Å². The molecule has 2 aromatic carbocycles. The number of methoxy groups -OCH3 is 1. The zero-order valence-electron chi connectivity index (χ0n) is 17.4. The van der Waals surface area contributed by atoms with Crippen LogP contribution < -0.4 is 15.6 Å². The molecule has 2 heterocycles. The first-order valence-corrected chi connectivity index (χ1v) is 10.4. The number of carbonyl (C=O) groups excluding carboxylic acids is 1. The number of rotatable bonds is 8. The van der Waals surface area contributed by atoms with Gasteiger partial charge in [-0.05, 0) is 30.2 Å². The molecule has 0 aliphatic rings. The smallest absolute Gasteiger partial charge is 0.266 e. The molecule has 9 heteroatoms. The van der Waals surface area contributed by atoms with Gasteiger partial charge in [-0.1, -0.05) is 47.1 Å². The number of ether oxygens (including phenoxy) is 1. The van der Waals surface area contributed by atoms with E-state index in [-0.39, 0.29) is 41.2 Å². The lowest BCUT2D eigenvalue weighted by molar-refractivity contribution is -0.121. The third kappa shape index (κ3) is 4.65. The molecule has 32 heavy (non-hydrogen) atoms. The van der Waals surface area contributed by atoms with Gasteiger partial charge in [0.15, 0.2) is 0 Å². The Labute approximate surface area is 188 Å². The van der Waals surface area contributed by atoms with Crippen LogP contribution in [0.15, 0.2) is 64.2 Å². The third-order valence-electron chi connectivity index (χ3n) is 5.05. The largest absolute Gasteiger partial charge is 0.497 e. The lowest BCUT2D eigenvalue weighted by atomic mass is 10.1. The summed E-state index contributed by atoms with van der Waals surface area (Å²) in [5.74, 6) is 0.422. The van der Waals surface area contributed by atoms with Gasteiger partial charge in [0.1, 0.15) is 23.2 Å². The molecule has 0 aliphatic heterocycles. The first-order chi connectivity index (χ1) is 15.6. The van der Waals surface area contributed by atoms with Crippen molar-refractivity contribution in [2.75, 3.05) is 13.7 Å². The highest BCUT2D eigenvalue weighted by molar-refractivity contribution is 6.33. The van der Waals surface area contributed by atoms with Crippen LogP contribution in [0.2, 0.25) is 5.02 Å². The second-order valence-electron chi connectivity index (χ2n) is 7.14. The van der Waals surface area contributed by atoms with Crippen molar-refractivity contribution in [2.45, 2.75) is 19.4 Å². The van der Waals surface area contributed by atoms with Crippen molar-refractivity contribution in [1.82, 2.24) is 20.0 Å². The molecule has 4 rings (SSSR count). The summed E-state index contributed by atoms with van der Waals surface area (Å²) in [6, 6.07) is 14.9. The average Bonchev–Trinajstić information content (AvgIpc) is 3.24. The van der Waals surface area contributed by atoms with Gasteiger partial charge in [-0.15, -0.1) is 0 Å². The van der Waals surface area contributed by atoms with Crippen molar-refractivity contribution in [2.24, 2.45) is 0 Å². The first kappa shape index (κ1) is 21.6. The molecule has 0 aliphatic carbocycles. The molecular weight excluding hydrogens is 432 g/mol. The molecule has 164 valence electrons. The summed E-state index contributed by atoms with van der Waals surface area (Å²) in [4.78, 5) is 29.5. The SMILES string of the molecule is COc1ccc(Cl)c(-c2noc3ncn(CCC(=O)NCCc4ccccc4)c(=O)c23)c1. The fourth-order valence-electron chi connectivity index (χ4n) is 3.34. The number of aromatic nitrogens is 3. The number of nitrogens with one attached hydrogen (secondary N) is 1. The Morgan fingerprint density at radius 1 is 1.22 bits per heavy atom. The molecular formula is C23H21ClN4O4. The van der Waals surface area contributed by atoms with E-state index >= 15 is 0 Å². The molecule has 0 unspecified atom stereocenters. The highest BCUT2D eigenvalue weighted by Crippen LogP contribution is 2.33. The van der Waals surface area contributed by atoms with Crippen molar-refractivity contribution in [3.63, 3.8) is 0 Å². The van der Waals surface area contributed by atoms with E-state index in [1.54, 1.807) is 18.2 Å². The molecule has 0 spiro atoms. The number of halogens is 1. The Kier molecular flexibility index (Phi) is 6.51. The predicted octanol–water partition coefficient (Wildman–Crippen LogP) is 3.46. The highest BCUT2D eigenvalue weighted by atomic mass is 35.5. The Bertz CT molecular complexity index is 1300. The van der Waals surface area contributed by atoms with E-state index in [4.69, 9.17) is 20.9 Å². The fraction of sp³-hybridized carbons (Fsp3) is 0.217. The van der Waals surface area contributed by atoms with Crippen LogP contribution in [0.4, 0.5) is 0 Å². The van der Waals surface area contributed by atoms with Crippen LogP contribution in [0.1, 0.15) is 12.0 Å². The van der Waals surface area contributed by atoms with E-state index in [0.717, 1.165) is 12.0 Å². The Morgan fingerprint density at radius 2 is 2.03 bits per heavy atom. The van der Waals surface area contributed by atoms with Gasteiger partial charge in [0.05, 0.1) is 12.1 Å². The maximum atomic E-state index is 13.1. The summed E-state index contributed by atoms with van der Waals surface area (Å²) in [7, 11) is 1.54. The predicted molar refractivity (Wildman–Crippen MR) is 121 cm³/mol. The average molecular weight is 453 g/mol. The molecule has 0 saturated heterocycles. The second-order valence-corrected chi connectivity index (χ2v) is 7.54. The third-order valence-corrected chi connectivity index (χ3v) is 5.38. The van der Waals surface area contributed by atoms with E-state index in [0.29, 0.717) is 22.9 Å². The lowest BCUT2D eigenvalue weighted by Gasteiger charge is -2.08. The number of aryl methyl sites for hydroxylation is 1. The summed E-state index contributed by atoms with van der Waals surface area (Å²) in [6.45, 7) is 0.703. The van der Waals surface area contributed by atoms with Crippen LogP contribution in [0.25, 0.3) is 22.4 Å². The number of benzene rings is 2. The molecule has 0 saturated carbocycles. The van der Waals surface area contributed by atoms with Gasteiger partial charge >= 0.3 is 0 Å². The number of amides is 1. The molecule has 0 fully saturated rings. The maximum Gasteiger partial charge on any atom is 0.266 e. The molecule has 8 nitrogen and oxygen atoms in total. The normalized spacial score (nSPS) is 10.9. The van der Waals surface area contributed by atoms with Crippen molar-refractivity contribution in [3.8, 4) is 17.0 Å². The summed E-state index contributed by atoms with van der Waals surface area (Å²) in [5, 5.41) is 7.47. The summed E-state index contributed by atoms with van der Waals surface area (Å²) in [6.07, 6.45) is 2.23. The van der Waals surface area contributed by atoms with Crippen molar-refractivity contribution in [3.05, 3.63) is 75.8 Å². The van der Waals surface area contributed by atoms with Gasteiger partial charge in [0, 0.05) is 25.1 Å². The Morgan fingerprint density at radius 3 is 2.81 bits per heavy atom. The number of hydrogen-bond donors (Lipinski definition) is 1. The topological polar surface area (TPSA) is 99.2 Å². The molecule has 4 aromatic rings. The first-order valence-electron chi connectivity index (χ1n) is 10.1. The number of nitrogens with zero attached hydrogens (tertiary/aromatic N) is 3. The van der Waals surface area contributed by atoms with E-state index in [9.17, 15) is 9.59 Å². The zero-order chi connectivity index (χ0) is 22.5. The van der Waals surface area contributed by atoms with Crippen LogP contribution in [0.5, 0.6) is 5.75 Å². The molecule has 0 bridgehead atoms. The van der Waals surface area contributed by atoms with Crippen LogP contribution in [0, 0.1) is 0 Å². The molecule has 1 N–H and O–H groups in total. The number of carbonyl (C=O) groups is 1. The molecule has 0 atom stereocenters. The Hall–Kier alpha value is -3.65. The molecule has 1 amide bonds. The number of hydrogen-bond acceptors (Lipinski definition) is 6. The minimum absolute atomic E-state index is 0.104. The monoisotopic (exact) mass is 452 g/mol. The van der Waals surface area contributed by atoms with Crippen LogP contribution >= 0.6 is 11.6 Å². The second kappa shape index (κ2) is 9.65. The summed E-state index contributed by atoms with van der Waals surface area (Å²) >= 11 is 6.31. The van der Waals surface area contributed by atoms with Crippen molar-refractivity contribution < 1.29 is 14.1 Å². The van der Waals surface area contributed by atoms with Gasteiger partial charge in [0.2, 0.25) is 5.91 Å². The van der Waals surface area contributed by atoms with Gasteiger partial charge in [-0.3, -0.25) is 14.2 Å². The summed E-state index contributed by atoms with van der Waals surface area (Å²) < 4.78 is 11.8. The van der Waals surface area contributed by atoms with E-state index in [1.165, 1.54) is 18.0 Å². The van der Waals surface area contributed by atoms with Crippen LogP contribution in [0.3, 0.4) is 0 Å². The lowest BCUT2D eigenvalue weighted by Crippen LogP contribution is -2.29. The minimum Gasteiger partial charge on any atom is -0.497 e. The van der Waals surface area contributed by atoms with E-state index in [1.807, 2.05) is 30.3 Å². The van der Waals surface area contributed by atoms with Crippen LogP contribution in [-0.4, -0.2) is 34.3 Å². The quantitative estimate of drug-likeness (QED) is 0.439. The highest BCUT2D eigenvalue weighted by Gasteiger charge is 2.19. The Balaban J connectivity index is 1.48. The van der Waals surface area contributed by atoms with Gasteiger partial charge in [-0.25, -0.2) is 4.98 Å². The van der Waals surface area contributed by atoms with Crippen molar-refractivity contribution >= 4 is 28.6 Å². The number of fused-ring (bicyclic) bond motifs is 1. The maximum absolute atomic E-state index is 13.1. The zero-order valence-corrected chi connectivity index (χ0v) is 18.1. The van der Waals surface area contributed by atoms with Crippen molar-refractivity contribution in [1.29, 1.82) is 0 Å². The van der Waals surface area contributed by atoms with Gasteiger partial charge in [-0.2, -0.15) is 0 Å². The fourth-order valence-corrected chi connectivity index (χ4v) is 3.54. The molecule has 2 aromatic heterocycles.